The molecule has 1 N–H and O–H groups in total. The molecule has 0 fully saturated rings. The predicted molar refractivity (Wildman–Crippen MR) is 64.2 cm³/mol. The van der Waals surface area contributed by atoms with Crippen LogP contribution in [0.2, 0.25) is 0 Å². The first-order valence-corrected chi connectivity index (χ1v) is 5.26. The summed E-state index contributed by atoms with van der Waals surface area (Å²) < 4.78 is 10.5. The van der Waals surface area contributed by atoms with E-state index in [0.717, 1.165) is 24.5 Å². The molecular weight excluding hydrogens is 200 g/mol. The van der Waals surface area contributed by atoms with Gasteiger partial charge in [0.25, 0.3) is 0 Å². The maximum absolute atomic E-state index is 5.61. The van der Waals surface area contributed by atoms with Gasteiger partial charge in [-0.2, -0.15) is 0 Å². The predicted octanol–water partition coefficient (Wildman–Crippen LogP) is 0.558. The van der Waals surface area contributed by atoms with Crippen LogP contribution in [-0.4, -0.2) is 34.4 Å². The molecule has 0 bridgehead atoms. The maximum atomic E-state index is 5.61. The normalized spacial score (nSPS) is 14.1. The van der Waals surface area contributed by atoms with Crippen molar-refractivity contribution in [3.63, 3.8) is 0 Å². The fraction of sp³-hybridized carbons (Fsp3) is 0.455. The van der Waals surface area contributed by atoms with Crippen molar-refractivity contribution in [1.82, 2.24) is 5.32 Å². The maximum Gasteiger partial charge on any atom is 0.231 e. The molecular formula is C11H13B2NO2. The van der Waals surface area contributed by atoms with Crippen LogP contribution >= 0.6 is 0 Å². The van der Waals surface area contributed by atoms with Gasteiger partial charge in [-0.25, -0.2) is 0 Å². The van der Waals surface area contributed by atoms with Gasteiger partial charge in [-0.05, 0) is 30.7 Å². The second kappa shape index (κ2) is 4.42. The highest BCUT2D eigenvalue weighted by Crippen LogP contribution is 2.32. The summed E-state index contributed by atoms with van der Waals surface area (Å²) in [7, 11) is 11.2. The van der Waals surface area contributed by atoms with Gasteiger partial charge in [0.05, 0.1) is 15.7 Å². The molecule has 0 aromatic heterocycles. The van der Waals surface area contributed by atoms with Gasteiger partial charge in [0.15, 0.2) is 11.5 Å². The van der Waals surface area contributed by atoms with Crippen LogP contribution in [0.1, 0.15) is 12.5 Å². The molecule has 3 nitrogen and oxygen atoms in total. The number of ether oxygens (including phenoxy) is 2. The zero-order valence-corrected chi connectivity index (χ0v) is 9.32. The van der Waals surface area contributed by atoms with Gasteiger partial charge in [-0.15, -0.1) is 0 Å². The molecule has 1 aromatic carbocycles. The molecule has 80 valence electrons. The lowest BCUT2D eigenvalue weighted by atomic mass is 9.63. The average molecular weight is 213 g/mol. The van der Waals surface area contributed by atoms with Gasteiger partial charge >= 0.3 is 0 Å². The summed E-state index contributed by atoms with van der Waals surface area (Å²) in [5.74, 6) is 1.61. The highest BCUT2D eigenvalue weighted by atomic mass is 16.7. The standard InChI is InChI=1S/C11H13B2NO2/c1-11(12,13)14-5-4-8-2-3-9-10(6-8)16-7-15-9/h2-3,6,14H,4-5,7H2,1H3. The van der Waals surface area contributed by atoms with Gasteiger partial charge in [-0.3, -0.25) is 0 Å². The third kappa shape index (κ3) is 2.95. The Morgan fingerprint density at radius 3 is 2.81 bits per heavy atom. The van der Waals surface area contributed by atoms with Crippen molar-refractivity contribution in [1.29, 1.82) is 0 Å². The number of fused-ring (bicyclic) bond motifs is 1. The van der Waals surface area contributed by atoms with Crippen molar-refractivity contribution in [2.45, 2.75) is 18.7 Å². The fourth-order valence-electron chi connectivity index (χ4n) is 1.57. The third-order valence-electron chi connectivity index (χ3n) is 2.36. The van der Waals surface area contributed by atoms with E-state index < -0.39 is 5.34 Å². The zero-order chi connectivity index (χ0) is 11.6. The van der Waals surface area contributed by atoms with Crippen LogP contribution in [-0.2, 0) is 6.42 Å². The molecule has 0 unspecified atom stereocenters. The molecule has 0 atom stereocenters. The molecule has 0 amide bonds. The van der Waals surface area contributed by atoms with Gasteiger partial charge in [0.2, 0.25) is 6.79 Å². The Morgan fingerprint density at radius 2 is 2.06 bits per heavy atom. The minimum absolute atomic E-state index is 0.306. The lowest BCUT2D eigenvalue weighted by molar-refractivity contribution is 0.174. The van der Waals surface area contributed by atoms with Crippen LogP contribution in [0.15, 0.2) is 18.2 Å². The van der Waals surface area contributed by atoms with Crippen molar-refractivity contribution >= 4 is 15.7 Å². The van der Waals surface area contributed by atoms with Crippen LogP contribution in [0.3, 0.4) is 0 Å². The van der Waals surface area contributed by atoms with Gasteiger partial charge in [0.1, 0.15) is 0 Å². The van der Waals surface area contributed by atoms with Gasteiger partial charge < -0.3 is 14.8 Å². The molecule has 1 aliphatic heterocycles. The zero-order valence-electron chi connectivity index (χ0n) is 9.32. The van der Waals surface area contributed by atoms with E-state index >= 15 is 0 Å². The Labute approximate surface area is 98.3 Å². The van der Waals surface area contributed by atoms with E-state index in [0.29, 0.717) is 6.79 Å². The van der Waals surface area contributed by atoms with Crippen LogP contribution in [0, 0.1) is 0 Å². The molecule has 0 saturated carbocycles. The summed E-state index contributed by atoms with van der Waals surface area (Å²) in [5, 5.41) is 2.20. The van der Waals surface area contributed by atoms with Gasteiger partial charge in [0, 0.05) is 0 Å². The number of rotatable bonds is 4. The van der Waals surface area contributed by atoms with Crippen LogP contribution < -0.4 is 14.8 Å². The fourth-order valence-corrected chi connectivity index (χ4v) is 1.57. The summed E-state index contributed by atoms with van der Waals surface area (Å²) in [6.45, 7) is 2.76. The summed E-state index contributed by atoms with van der Waals surface area (Å²) in [5.41, 5.74) is 1.17. The van der Waals surface area contributed by atoms with E-state index in [2.05, 4.69) is 5.32 Å². The van der Waals surface area contributed by atoms with E-state index in [1.54, 1.807) is 6.92 Å². The lowest BCUT2D eigenvalue weighted by Crippen LogP contribution is -2.44. The molecule has 0 aliphatic carbocycles. The smallest absolute Gasteiger partial charge is 0.231 e. The first kappa shape index (κ1) is 11.4. The van der Waals surface area contributed by atoms with E-state index in [9.17, 15) is 0 Å². The minimum Gasteiger partial charge on any atom is -0.454 e. The van der Waals surface area contributed by atoms with E-state index in [1.165, 1.54) is 5.56 Å². The second-order valence-electron chi connectivity index (χ2n) is 4.15. The summed E-state index contributed by atoms with van der Waals surface area (Å²) in [6, 6.07) is 5.91. The molecule has 4 radical (unpaired) electrons. The molecule has 5 heteroatoms. The van der Waals surface area contributed by atoms with E-state index in [-0.39, 0.29) is 0 Å². The highest BCUT2D eigenvalue weighted by Gasteiger charge is 2.13. The Morgan fingerprint density at radius 1 is 1.31 bits per heavy atom. The molecule has 16 heavy (non-hydrogen) atoms. The first-order chi connectivity index (χ1) is 7.54. The average Bonchev–Trinajstić information content (AvgIpc) is 2.62. The highest BCUT2D eigenvalue weighted by molar-refractivity contribution is 6.39. The molecule has 2 rings (SSSR count). The summed E-state index contributed by atoms with van der Waals surface area (Å²) in [4.78, 5) is 0. The molecule has 0 saturated heterocycles. The topological polar surface area (TPSA) is 30.5 Å². The van der Waals surface area contributed by atoms with Crippen molar-refractivity contribution in [3.05, 3.63) is 23.8 Å². The third-order valence-corrected chi connectivity index (χ3v) is 2.36. The molecule has 1 aliphatic rings. The van der Waals surface area contributed by atoms with E-state index in [1.807, 2.05) is 18.2 Å². The summed E-state index contributed by atoms with van der Waals surface area (Å²) in [6.07, 6.45) is 0.848. The molecule has 1 aromatic rings. The Bertz CT molecular complexity index is 377. The second-order valence-corrected chi connectivity index (χ2v) is 4.15. The number of hydrogen-bond donors (Lipinski definition) is 1. The monoisotopic (exact) mass is 213 g/mol. The van der Waals surface area contributed by atoms with Crippen LogP contribution in [0.5, 0.6) is 11.5 Å². The van der Waals surface area contributed by atoms with Crippen LogP contribution in [0.25, 0.3) is 0 Å². The quantitative estimate of drug-likeness (QED) is 0.741. The van der Waals surface area contributed by atoms with Crippen molar-refractivity contribution in [3.8, 4) is 11.5 Å². The van der Waals surface area contributed by atoms with Crippen LogP contribution in [0.4, 0.5) is 0 Å². The number of hydrogen-bond acceptors (Lipinski definition) is 3. The van der Waals surface area contributed by atoms with Crippen molar-refractivity contribution < 1.29 is 9.47 Å². The number of nitrogens with one attached hydrogen (secondary N) is 1. The van der Waals surface area contributed by atoms with Crippen molar-refractivity contribution in [2.24, 2.45) is 0 Å². The Balaban J connectivity index is 1.91. The largest absolute Gasteiger partial charge is 0.454 e. The molecule has 1 heterocycles. The van der Waals surface area contributed by atoms with Gasteiger partial charge in [-0.1, -0.05) is 18.3 Å². The van der Waals surface area contributed by atoms with Crippen molar-refractivity contribution in [2.75, 3.05) is 13.3 Å². The minimum atomic E-state index is -0.823. The Hall–Kier alpha value is -1.09. The number of benzene rings is 1. The lowest BCUT2D eigenvalue weighted by Gasteiger charge is -2.21. The van der Waals surface area contributed by atoms with E-state index in [4.69, 9.17) is 25.2 Å². The SMILES string of the molecule is [B]C([B])(C)NCCc1ccc2c(c1)OCO2. The molecule has 0 spiro atoms. The first-order valence-electron chi connectivity index (χ1n) is 5.26. The Kier molecular flexibility index (Phi) is 3.15. The summed E-state index contributed by atoms with van der Waals surface area (Å²) >= 11 is 0.